The smallest absolute Gasteiger partial charge is 0.311 e. The van der Waals surface area contributed by atoms with Gasteiger partial charge in [0.1, 0.15) is 0 Å². The lowest BCUT2D eigenvalue weighted by Gasteiger charge is -2.07. The van der Waals surface area contributed by atoms with Crippen LogP contribution in [0.4, 0.5) is 11.5 Å². The van der Waals surface area contributed by atoms with Gasteiger partial charge in [-0.2, -0.15) is 0 Å². The van der Waals surface area contributed by atoms with Crippen molar-refractivity contribution < 1.29 is 4.92 Å². The Bertz CT molecular complexity index is 354. The zero-order chi connectivity index (χ0) is 10.7. The maximum atomic E-state index is 10.4. The molecule has 1 aromatic heterocycles. The van der Waals surface area contributed by atoms with E-state index >= 15 is 0 Å². The summed E-state index contributed by atoms with van der Waals surface area (Å²) in [7, 11) is 0. The van der Waals surface area contributed by atoms with Crippen molar-refractivity contribution in [3.8, 4) is 0 Å². The molecule has 0 saturated heterocycles. The van der Waals surface area contributed by atoms with Crippen LogP contribution in [0.5, 0.6) is 0 Å². The molecule has 76 valence electrons. The van der Waals surface area contributed by atoms with Crippen molar-refractivity contribution in [2.24, 2.45) is 11.5 Å². The Morgan fingerprint density at radius 1 is 1.57 bits per heavy atom. The second kappa shape index (κ2) is 3.99. The molecule has 0 aliphatic carbocycles. The number of pyridine rings is 1. The third-order valence-electron chi connectivity index (χ3n) is 1.75. The fraction of sp³-hybridized carbons (Fsp3) is 0.286. The monoisotopic (exact) mass is 197 g/mol. The molecular weight excluding hydrogens is 186 g/mol. The highest BCUT2D eigenvalue weighted by Crippen LogP contribution is 2.20. The molecule has 0 spiro atoms. The maximum Gasteiger partial charge on any atom is 0.311 e. The maximum absolute atomic E-state index is 10.4. The summed E-state index contributed by atoms with van der Waals surface area (Å²) >= 11 is 0. The van der Waals surface area contributed by atoms with E-state index in [0.29, 0.717) is 5.69 Å². The lowest BCUT2D eigenvalue weighted by Crippen LogP contribution is -2.22. The van der Waals surface area contributed by atoms with Gasteiger partial charge in [0.25, 0.3) is 0 Å². The minimum absolute atomic E-state index is 0.142. The second-order valence-electron chi connectivity index (χ2n) is 2.74. The number of nitro groups is 1. The van der Waals surface area contributed by atoms with Gasteiger partial charge in [-0.3, -0.25) is 10.1 Å². The van der Waals surface area contributed by atoms with Crippen LogP contribution in [0.25, 0.3) is 0 Å². The highest BCUT2D eigenvalue weighted by Gasteiger charge is 2.14. The Kier molecular flexibility index (Phi) is 2.95. The van der Waals surface area contributed by atoms with Crippen molar-refractivity contribution in [1.82, 2.24) is 4.98 Å². The van der Waals surface area contributed by atoms with Gasteiger partial charge in [0.05, 0.1) is 16.7 Å². The Morgan fingerprint density at radius 2 is 2.21 bits per heavy atom. The molecule has 0 amide bonds. The van der Waals surface area contributed by atoms with Crippen molar-refractivity contribution >= 4 is 11.5 Å². The molecule has 0 unspecified atom stereocenters. The van der Waals surface area contributed by atoms with E-state index in [-0.39, 0.29) is 18.1 Å². The fourth-order valence-electron chi connectivity index (χ4n) is 0.965. The Labute approximate surface area is 80.1 Å². The molecule has 14 heavy (non-hydrogen) atoms. The highest BCUT2D eigenvalue weighted by molar-refractivity contribution is 5.52. The van der Waals surface area contributed by atoms with Crippen LogP contribution >= 0.6 is 0 Å². The van der Waals surface area contributed by atoms with Crippen LogP contribution in [0.3, 0.4) is 0 Å². The highest BCUT2D eigenvalue weighted by atomic mass is 16.6. The summed E-state index contributed by atoms with van der Waals surface area (Å²) in [5.74, 6) is -0.142. The molecule has 1 rings (SSSR count). The molecule has 7 nitrogen and oxygen atoms in total. The zero-order valence-electron chi connectivity index (χ0n) is 7.38. The first kappa shape index (κ1) is 10.4. The Morgan fingerprint density at radius 3 is 2.64 bits per heavy atom. The van der Waals surface area contributed by atoms with Gasteiger partial charge in [-0.05, 0) is 6.07 Å². The molecular formula is C7H11N5O2. The minimum Gasteiger partial charge on any atom is -0.378 e. The molecule has 7 heteroatoms. The van der Waals surface area contributed by atoms with Crippen LogP contribution < -0.4 is 17.2 Å². The van der Waals surface area contributed by atoms with Crippen molar-refractivity contribution in [1.29, 1.82) is 0 Å². The summed E-state index contributed by atoms with van der Waals surface area (Å²) < 4.78 is 0. The van der Waals surface area contributed by atoms with Gasteiger partial charge >= 0.3 is 5.69 Å². The first-order valence-corrected chi connectivity index (χ1v) is 3.92. The third kappa shape index (κ3) is 1.95. The predicted octanol–water partition coefficient (Wildman–Crippen LogP) is -0.470. The first-order valence-electron chi connectivity index (χ1n) is 3.92. The topological polar surface area (TPSA) is 134 Å². The molecule has 1 aromatic rings. The van der Waals surface area contributed by atoms with E-state index in [9.17, 15) is 10.1 Å². The molecule has 1 atom stereocenters. The van der Waals surface area contributed by atoms with E-state index in [1.165, 1.54) is 12.1 Å². The Balaban J connectivity index is 3.06. The van der Waals surface area contributed by atoms with Crippen LogP contribution in [0, 0.1) is 10.1 Å². The Hall–Kier alpha value is -1.73. The molecule has 1 heterocycles. The number of hydrogen-bond acceptors (Lipinski definition) is 6. The average molecular weight is 197 g/mol. The van der Waals surface area contributed by atoms with E-state index in [1.54, 1.807) is 0 Å². The lowest BCUT2D eigenvalue weighted by molar-refractivity contribution is -0.384. The van der Waals surface area contributed by atoms with E-state index in [2.05, 4.69) is 4.98 Å². The summed E-state index contributed by atoms with van der Waals surface area (Å²) in [5.41, 5.74) is 16.5. The summed E-state index contributed by atoms with van der Waals surface area (Å²) in [6, 6.07) is 2.28. The normalized spacial score (nSPS) is 12.4. The van der Waals surface area contributed by atoms with Crippen molar-refractivity contribution in [2.75, 3.05) is 12.3 Å². The van der Waals surface area contributed by atoms with Gasteiger partial charge < -0.3 is 17.2 Å². The average Bonchev–Trinajstić information content (AvgIpc) is 2.15. The molecule has 0 radical (unpaired) electrons. The van der Waals surface area contributed by atoms with E-state index in [4.69, 9.17) is 17.2 Å². The summed E-state index contributed by atoms with van der Waals surface area (Å²) in [6.07, 6.45) is 0. The number of aromatic nitrogens is 1. The standard InChI is InChI=1S/C7H11N5O2/c8-3-4(9)5-1-2-6(12(13)14)7(10)11-5/h1-2,4H,3,8-9H2,(H2,10,11)/t4-/m1/s1. The molecule has 0 aliphatic rings. The third-order valence-corrected chi connectivity index (χ3v) is 1.75. The van der Waals surface area contributed by atoms with Crippen molar-refractivity contribution in [3.05, 3.63) is 27.9 Å². The second-order valence-corrected chi connectivity index (χ2v) is 2.74. The van der Waals surface area contributed by atoms with E-state index in [1.807, 2.05) is 0 Å². The minimum atomic E-state index is -0.597. The number of nitrogen functional groups attached to an aromatic ring is 1. The summed E-state index contributed by atoms with van der Waals surface area (Å²) in [6.45, 7) is 0.213. The molecule has 0 saturated carbocycles. The van der Waals surface area contributed by atoms with Gasteiger partial charge in [0.15, 0.2) is 0 Å². The van der Waals surface area contributed by atoms with Crippen LogP contribution in [0.2, 0.25) is 0 Å². The first-order chi connectivity index (χ1) is 6.56. The summed E-state index contributed by atoms with van der Waals surface area (Å²) in [5, 5.41) is 10.4. The van der Waals surface area contributed by atoms with Gasteiger partial charge in [-0.1, -0.05) is 0 Å². The molecule has 6 N–H and O–H groups in total. The lowest BCUT2D eigenvalue weighted by atomic mass is 10.2. The molecule has 0 aromatic carbocycles. The quantitative estimate of drug-likeness (QED) is 0.443. The van der Waals surface area contributed by atoms with Gasteiger partial charge in [-0.15, -0.1) is 0 Å². The van der Waals surface area contributed by atoms with Crippen LogP contribution in [-0.2, 0) is 0 Å². The number of rotatable bonds is 3. The van der Waals surface area contributed by atoms with Gasteiger partial charge in [0, 0.05) is 12.6 Å². The number of nitrogens with zero attached hydrogens (tertiary/aromatic N) is 2. The summed E-state index contributed by atoms with van der Waals surface area (Å²) in [4.78, 5) is 13.6. The van der Waals surface area contributed by atoms with Gasteiger partial charge in [0.2, 0.25) is 5.82 Å². The van der Waals surface area contributed by atoms with Crippen LogP contribution in [0.1, 0.15) is 11.7 Å². The zero-order valence-corrected chi connectivity index (χ0v) is 7.38. The van der Waals surface area contributed by atoms with Crippen LogP contribution in [-0.4, -0.2) is 16.5 Å². The molecule has 0 aliphatic heterocycles. The van der Waals surface area contributed by atoms with E-state index in [0.717, 1.165) is 0 Å². The van der Waals surface area contributed by atoms with Crippen LogP contribution in [0.15, 0.2) is 12.1 Å². The SMILES string of the molecule is NC[C@@H](N)c1ccc([N+](=O)[O-])c(N)n1. The van der Waals surface area contributed by atoms with Crippen molar-refractivity contribution in [3.63, 3.8) is 0 Å². The van der Waals surface area contributed by atoms with E-state index < -0.39 is 11.0 Å². The number of nitrogens with two attached hydrogens (primary N) is 3. The molecule has 0 bridgehead atoms. The largest absolute Gasteiger partial charge is 0.378 e. The van der Waals surface area contributed by atoms with Gasteiger partial charge in [-0.25, -0.2) is 4.98 Å². The number of anilines is 1. The fourth-order valence-corrected chi connectivity index (χ4v) is 0.965. The predicted molar refractivity (Wildman–Crippen MR) is 51.3 cm³/mol. The van der Waals surface area contributed by atoms with Crippen molar-refractivity contribution in [2.45, 2.75) is 6.04 Å². The number of hydrogen-bond donors (Lipinski definition) is 3. The molecule has 0 fully saturated rings.